The summed E-state index contributed by atoms with van der Waals surface area (Å²) in [7, 11) is 0. The van der Waals surface area contributed by atoms with Crippen LogP contribution < -0.4 is 4.90 Å². The topological polar surface area (TPSA) is 16.4 Å². The second kappa shape index (κ2) is 9.83. The average Bonchev–Trinajstić information content (AvgIpc) is 3.36. The van der Waals surface area contributed by atoms with E-state index in [1.165, 1.54) is 0 Å². The van der Waals surface area contributed by atoms with Crippen molar-refractivity contribution in [2.45, 2.75) is 0 Å². The minimum Gasteiger partial charge on any atom is -0.456 e. The zero-order valence-electron chi connectivity index (χ0n) is 21.1. The number of hydrogen-bond donors (Lipinski definition) is 0. The molecule has 186 valence electrons. The molecule has 0 saturated carbocycles. The van der Waals surface area contributed by atoms with E-state index in [2.05, 4.69) is 114 Å². The second-order valence-corrected chi connectivity index (χ2v) is 10.00. The van der Waals surface area contributed by atoms with Crippen LogP contribution in [0.5, 0.6) is 0 Å². The van der Waals surface area contributed by atoms with Gasteiger partial charge in [-0.25, -0.2) is 0 Å². The Morgan fingerprint density at radius 2 is 1.13 bits per heavy atom. The number of hydrogen-bond acceptors (Lipinski definition) is 2. The van der Waals surface area contributed by atoms with Crippen LogP contribution in [-0.4, -0.2) is 0 Å². The molecule has 7 rings (SSSR count). The molecule has 0 amide bonds. The highest BCUT2D eigenvalue weighted by Crippen LogP contribution is 2.44. The first-order valence-electron chi connectivity index (χ1n) is 13.0. The van der Waals surface area contributed by atoms with Gasteiger partial charge in [0, 0.05) is 32.7 Å². The van der Waals surface area contributed by atoms with Gasteiger partial charge in [-0.3, -0.25) is 0 Å². The highest BCUT2D eigenvalue weighted by Gasteiger charge is 2.20. The van der Waals surface area contributed by atoms with Crippen LogP contribution in [0.25, 0.3) is 44.2 Å². The van der Waals surface area contributed by atoms with Crippen LogP contribution >= 0.6 is 11.6 Å². The number of rotatable bonds is 5. The summed E-state index contributed by atoms with van der Waals surface area (Å²) < 4.78 is 6.15. The molecule has 0 unspecified atom stereocenters. The van der Waals surface area contributed by atoms with Crippen molar-refractivity contribution >= 4 is 50.6 Å². The molecule has 2 nitrogen and oxygen atoms in total. The van der Waals surface area contributed by atoms with Crippen molar-refractivity contribution in [2.75, 3.05) is 4.90 Å². The van der Waals surface area contributed by atoms with Gasteiger partial charge in [0.1, 0.15) is 11.2 Å². The molecule has 3 heteroatoms. The number of para-hydroxylation sites is 2. The Kier molecular flexibility index (Phi) is 5.88. The van der Waals surface area contributed by atoms with Gasteiger partial charge >= 0.3 is 0 Å². The van der Waals surface area contributed by atoms with Gasteiger partial charge in [0.05, 0.1) is 5.69 Å². The number of nitrogens with zero attached hydrogens (tertiary/aromatic N) is 1. The van der Waals surface area contributed by atoms with Gasteiger partial charge in [0.2, 0.25) is 0 Å². The number of halogens is 1. The van der Waals surface area contributed by atoms with Crippen molar-refractivity contribution in [3.05, 3.63) is 151 Å². The van der Waals surface area contributed by atoms with E-state index in [0.717, 1.165) is 61.3 Å². The standard InChI is InChI=1S/C36H24ClNO/c37-28-21-27(25-11-3-1-4-12-25)22-30(23-28)38(34-17-9-7-15-31(34)26-13-5-2-6-14-26)29-19-20-36-33(24-29)32-16-8-10-18-35(32)39-36/h1-24H. The summed E-state index contributed by atoms with van der Waals surface area (Å²) >= 11 is 6.79. The van der Waals surface area contributed by atoms with Gasteiger partial charge < -0.3 is 9.32 Å². The van der Waals surface area contributed by atoms with Gasteiger partial charge in [0.15, 0.2) is 0 Å². The maximum absolute atomic E-state index is 6.79. The summed E-state index contributed by atoms with van der Waals surface area (Å²) in [6.45, 7) is 0. The molecule has 39 heavy (non-hydrogen) atoms. The third kappa shape index (κ3) is 4.35. The summed E-state index contributed by atoms with van der Waals surface area (Å²) in [5, 5.41) is 2.86. The Bertz CT molecular complexity index is 1930. The largest absolute Gasteiger partial charge is 0.456 e. The molecule has 0 N–H and O–H groups in total. The van der Waals surface area contributed by atoms with Gasteiger partial charge in [0.25, 0.3) is 0 Å². The molecule has 0 aliphatic heterocycles. The van der Waals surface area contributed by atoms with Crippen molar-refractivity contribution in [1.29, 1.82) is 0 Å². The fourth-order valence-corrected chi connectivity index (χ4v) is 5.54. The van der Waals surface area contributed by atoms with Gasteiger partial charge in [-0.1, -0.05) is 109 Å². The van der Waals surface area contributed by atoms with E-state index in [1.54, 1.807) is 0 Å². The van der Waals surface area contributed by atoms with E-state index in [-0.39, 0.29) is 0 Å². The van der Waals surface area contributed by atoms with Crippen LogP contribution in [0.15, 0.2) is 150 Å². The predicted molar refractivity (Wildman–Crippen MR) is 164 cm³/mol. The first-order valence-corrected chi connectivity index (χ1v) is 13.3. The van der Waals surface area contributed by atoms with Crippen LogP contribution in [0.3, 0.4) is 0 Å². The number of anilines is 3. The van der Waals surface area contributed by atoms with E-state index < -0.39 is 0 Å². The first-order chi connectivity index (χ1) is 19.2. The monoisotopic (exact) mass is 521 g/mol. The fraction of sp³-hybridized carbons (Fsp3) is 0. The van der Waals surface area contributed by atoms with Crippen molar-refractivity contribution in [2.24, 2.45) is 0 Å². The number of furan rings is 1. The maximum Gasteiger partial charge on any atom is 0.135 e. The second-order valence-electron chi connectivity index (χ2n) is 9.56. The summed E-state index contributed by atoms with van der Waals surface area (Å²) in [6.07, 6.45) is 0. The highest BCUT2D eigenvalue weighted by molar-refractivity contribution is 6.31. The van der Waals surface area contributed by atoms with E-state index in [1.807, 2.05) is 36.4 Å². The molecule has 0 atom stereocenters. The molecule has 0 radical (unpaired) electrons. The fourth-order valence-electron chi connectivity index (χ4n) is 5.31. The number of benzene rings is 6. The quantitative estimate of drug-likeness (QED) is 0.224. The molecule has 6 aromatic carbocycles. The first kappa shape index (κ1) is 23.3. The Hall–Kier alpha value is -4.79. The van der Waals surface area contributed by atoms with E-state index in [4.69, 9.17) is 16.0 Å². The van der Waals surface area contributed by atoms with Crippen molar-refractivity contribution in [3.63, 3.8) is 0 Å². The maximum atomic E-state index is 6.79. The van der Waals surface area contributed by atoms with Crippen LogP contribution in [0.2, 0.25) is 5.02 Å². The van der Waals surface area contributed by atoms with E-state index in [0.29, 0.717) is 5.02 Å². The van der Waals surface area contributed by atoms with Crippen molar-refractivity contribution < 1.29 is 4.42 Å². The Morgan fingerprint density at radius 1 is 0.462 bits per heavy atom. The zero-order valence-corrected chi connectivity index (χ0v) is 21.8. The lowest BCUT2D eigenvalue weighted by molar-refractivity contribution is 0.669. The average molecular weight is 522 g/mol. The zero-order chi connectivity index (χ0) is 26.2. The summed E-state index contributed by atoms with van der Waals surface area (Å²) in [5.41, 5.74) is 9.30. The van der Waals surface area contributed by atoms with Crippen LogP contribution in [0.4, 0.5) is 17.1 Å². The highest BCUT2D eigenvalue weighted by atomic mass is 35.5. The van der Waals surface area contributed by atoms with Crippen LogP contribution in [0.1, 0.15) is 0 Å². The van der Waals surface area contributed by atoms with Gasteiger partial charge in [-0.05, 0) is 65.2 Å². The van der Waals surface area contributed by atoms with Crippen molar-refractivity contribution in [3.8, 4) is 22.3 Å². The molecule has 0 bridgehead atoms. The summed E-state index contributed by atoms with van der Waals surface area (Å²) in [4.78, 5) is 2.29. The predicted octanol–water partition coefficient (Wildman–Crippen LogP) is 11.0. The third-order valence-electron chi connectivity index (χ3n) is 7.10. The molecule has 0 aliphatic rings. The van der Waals surface area contributed by atoms with Crippen LogP contribution in [-0.2, 0) is 0 Å². The molecular formula is C36H24ClNO. The Balaban J connectivity index is 1.50. The summed E-state index contributed by atoms with van der Waals surface area (Å²) in [5.74, 6) is 0. The van der Waals surface area contributed by atoms with Crippen LogP contribution in [0, 0.1) is 0 Å². The van der Waals surface area contributed by atoms with Gasteiger partial charge in [-0.15, -0.1) is 0 Å². The minimum absolute atomic E-state index is 0.684. The smallest absolute Gasteiger partial charge is 0.135 e. The summed E-state index contributed by atoms with van der Waals surface area (Å²) in [6, 6.07) is 50.2. The molecule has 1 aromatic heterocycles. The van der Waals surface area contributed by atoms with E-state index in [9.17, 15) is 0 Å². The van der Waals surface area contributed by atoms with E-state index >= 15 is 0 Å². The lowest BCUT2D eigenvalue weighted by atomic mass is 10.0. The molecule has 0 spiro atoms. The lowest BCUT2D eigenvalue weighted by Crippen LogP contribution is -2.11. The third-order valence-corrected chi connectivity index (χ3v) is 7.31. The normalized spacial score (nSPS) is 11.2. The molecule has 1 heterocycles. The SMILES string of the molecule is Clc1cc(-c2ccccc2)cc(N(c2ccc3oc4ccccc4c3c2)c2ccccc2-c2ccccc2)c1. The molecule has 0 fully saturated rings. The molecule has 7 aromatic rings. The minimum atomic E-state index is 0.684. The lowest BCUT2D eigenvalue weighted by Gasteiger charge is -2.28. The van der Waals surface area contributed by atoms with Gasteiger partial charge in [-0.2, -0.15) is 0 Å². The molecule has 0 saturated heterocycles. The van der Waals surface area contributed by atoms with Crippen molar-refractivity contribution in [1.82, 2.24) is 0 Å². The Morgan fingerprint density at radius 3 is 1.95 bits per heavy atom. The molecule has 0 aliphatic carbocycles. The number of fused-ring (bicyclic) bond motifs is 3. The Labute approximate surface area is 232 Å². The molecular weight excluding hydrogens is 498 g/mol.